The molecule has 0 aliphatic carbocycles. The van der Waals surface area contributed by atoms with Crippen LogP contribution in [0.5, 0.6) is 0 Å². The maximum Gasteiger partial charge on any atom is 0.248 e. The molecular formula is C34H21N3O2. The molecular weight excluding hydrogens is 482 g/mol. The second kappa shape index (κ2) is 8.57. The number of hydrogen-bond donors (Lipinski definition) is 0. The summed E-state index contributed by atoms with van der Waals surface area (Å²) in [6.07, 6.45) is 0. The summed E-state index contributed by atoms with van der Waals surface area (Å²) in [6.45, 7) is 0. The summed E-state index contributed by atoms with van der Waals surface area (Å²) in [5.41, 5.74) is 6.89. The van der Waals surface area contributed by atoms with Gasteiger partial charge < -0.3 is 13.4 Å². The number of hydrogen-bond acceptors (Lipinski definition) is 4. The number of rotatable bonds is 4. The predicted octanol–water partition coefficient (Wildman–Crippen LogP) is 8.91. The average molecular weight is 504 g/mol. The fourth-order valence-electron chi connectivity index (χ4n) is 5.39. The van der Waals surface area contributed by atoms with Gasteiger partial charge in [0.05, 0.1) is 16.4 Å². The first-order valence-electron chi connectivity index (χ1n) is 12.8. The van der Waals surface area contributed by atoms with Gasteiger partial charge in [0, 0.05) is 33.2 Å². The Balaban J connectivity index is 1.31. The number of benzene rings is 5. The second-order valence-electron chi connectivity index (χ2n) is 9.54. The molecule has 5 heteroatoms. The lowest BCUT2D eigenvalue weighted by atomic mass is 10.1. The molecule has 8 aromatic rings. The van der Waals surface area contributed by atoms with E-state index in [1.165, 1.54) is 0 Å². The van der Waals surface area contributed by atoms with Crippen molar-refractivity contribution in [1.82, 2.24) is 14.8 Å². The summed E-state index contributed by atoms with van der Waals surface area (Å²) >= 11 is 0. The van der Waals surface area contributed by atoms with Gasteiger partial charge in [-0.05, 0) is 54.6 Å². The van der Waals surface area contributed by atoms with Crippen molar-refractivity contribution < 1.29 is 8.83 Å². The highest BCUT2D eigenvalue weighted by Crippen LogP contribution is 2.40. The van der Waals surface area contributed by atoms with Gasteiger partial charge in [-0.15, -0.1) is 10.2 Å². The Morgan fingerprint density at radius 1 is 0.513 bits per heavy atom. The second-order valence-corrected chi connectivity index (χ2v) is 9.54. The third-order valence-corrected chi connectivity index (χ3v) is 7.18. The highest BCUT2D eigenvalue weighted by atomic mass is 16.4. The van der Waals surface area contributed by atoms with Gasteiger partial charge in [0.25, 0.3) is 0 Å². The Bertz CT molecular complexity index is 2120. The molecule has 39 heavy (non-hydrogen) atoms. The smallest absolute Gasteiger partial charge is 0.248 e. The fraction of sp³-hybridized carbons (Fsp3) is 0. The topological polar surface area (TPSA) is 57.0 Å². The molecule has 0 spiro atoms. The minimum absolute atomic E-state index is 0.484. The van der Waals surface area contributed by atoms with E-state index in [1.54, 1.807) is 0 Å². The summed E-state index contributed by atoms with van der Waals surface area (Å²) in [4.78, 5) is 0. The normalized spacial score (nSPS) is 11.6. The van der Waals surface area contributed by atoms with E-state index in [0.717, 1.165) is 60.9 Å². The number of furan rings is 1. The lowest BCUT2D eigenvalue weighted by molar-refractivity contribution is 0.584. The molecule has 0 saturated heterocycles. The van der Waals surface area contributed by atoms with Crippen LogP contribution in [0.15, 0.2) is 136 Å². The molecule has 184 valence electrons. The highest BCUT2D eigenvalue weighted by Gasteiger charge is 2.19. The average Bonchev–Trinajstić information content (AvgIpc) is 3.74. The number of nitrogens with zero attached hydrogens (tertiary/aromatic N) is 3. The van der Waals surface area contributed by atoms with Gasteiger partial charge in [0.2, 0.25) is 11.8 Å². The van der Waals surface area contributed by atoms with E-state index in [2.05, 4.69) is 81.5 Å². The highest BCUT2D eigenvalue weighted by molar-refractivity contribution is 6.20. The van der Waals surface area contributed by atoms with Crippen molar-refractivity contribution in [2.24, 2.45) is 0 Å². The van der Waals surface area contributed by atoms with Crippen molar-refractivity contribution in [3.63, 3.8) is 0 Å². The number of fused-ring (bicyclic) bond motifs is 5. The Labute approximate surface area is 223 Å². The first-order valence-corrected chi connectivity index (χ1v) is 12.8. The molecule has 0 saturated carbocycles. The first kappa shape index (κ1) is 21.6. The molecule has 8 rings (SSSR count). The van der Waals surface area contributed by atoms with Crippen molar-refractivity contribution >= 4 is 32.8 Å². The van der Waals surface area contributed by atoms with E-state index in [-0.39, 0.29) is 0 Å². The SMILES string of the molecule is c1ccc(-c2cc3ccc4c(c5ccccc5n4-c4cccc(-c5nnc(-c6ccccc6)o5)c4)c3o2)cc1. The van der Waals surface area contributed by atoms with Gasteiger partial charge in [-0.3, -0.25) is 0 Å². The Morgan fingerprint density at radius 3 is 2.03 bits per heavy atom. The molecule has 0 bridgehead atoms. The van der Waals surface area contributed by atoms with Crippen molar-refractivity contribution in [3.8, 4) is 39.9 Å². The van der Waals surface area contributed by atoms with E-state index >= 15 is 0 Å². The molecule has 0 radical (unpaired) electrons. The molecule has 0 unspecified atom stereocenters. The Hall–Kier alpha value is -5.42. The van der Waals surface area contributed by atoms with Gasteiger partial charge in [-0.1, -0.05) is 72.8 Å². The van der Waals surface area contributed by atoms with Crippen molar-refractivity contribution in [2.75, 3.05) is 0 Å². The van der Waals surface area contributed by atoms with Crippen LogP contribution in [0.2, 0.25) is 0 Å². The molecule has 5 aromatic carbocycles. The van der Waals surface area contributed by atoms with Crippen molar-refractivity contribution in [2.45, 2.75) is 0 Å². The van der Waals surface area contributed by atoms with Gasteiger partial charge in [-0.25, -0.2) is 0 Å². The quantitative estimate of drug-likeness (QED) is 0.241. The van der Waals surface area contributed by atoms with E-state index in [1.807, 2.05) is 60.7 Å². The van der Waals surface area contributed by atoms with Crippen LogP contribution in [0.3, 0.4) is 0 Å². The summed E-state index contributed by atoms with van der Waals surface area (Å²) in [5, 5.41) is 11.9. The zero-order chi connectivity index (χ0) is 25.8. The third kappa shape index (κ3) is 3.48. The first-order chi connectivity index (χ1) is 19.3. The van der Waals surface area contributed by atoms with E-state index in [4.69, 9.17) is 8.83 Å². The van der Waals surface area contributed by atoms with E-state index in [0.29, 0.717) is 11.8 Å². The van der Waals surface area contributed by atoms with Gasteiger partial charge in [0.15, 0.2) is 0 Å². The zero-order valence-corrected chi connectivity index (χ0v) is 20.8. The monoisotopic (exact) mass is 503 g/mol. The van der Waals surface area contributed by atoms with E-state index < -0.39 is 0 Å². The maximum absolute atomic E-state index is 6.52. The molecule has 5 nitrogen and oxygen atoms in total. The lowest BCUT2D eigenvalue weighted by Crippen LogP contribution is -1.94. The Kier molecular flexibility index (Phi) is 4.76. The maximum atomic E-state index is 6.52. The summed E-state index contributed by atoms with van der Waals surface area (Å²) in [7, 11) is 0. The summed E-state index contributed by atoms with van der Waals surface area (Å²) < 4.78 is 14.8. The largest absolute Gasteiger partial charge is 0.455 e. The molecule has 0 atom stereocenters. The molecule has 0 amide bonds. The third-order valence-electron chi connectivity index (χ3n) is 7.18. The number of para-hydroxylation sites is 1. The van der Waals surface area contributed by atoms with Crippen LogP contribution in [0.1, 0.15) is 0 Å². The van der Waals surface area contributed by atoms with E-state index in [9.17, 15) is 0 Å². The van der Waals surface area contributed by atoms with Gasteiger partial charge >= 0.3 is 0 Å². The predicted molar refractivity (Wildman–Crippen MR) is 155 cm³/mol. The van der Waals surface area contributed by atoms with Crippen molar-refractivity contribution in [1.29, 1.82) is 0 Å². The van der Waals surface area contributed by atoms with Crippen LogP contribution in [-0.4, -0.2) is 14.8 Å². The lowest BCUT2D eigenvalue weighted by Gasteiger charge is -2.09. The van der Waals surface area contributed by atoms with Crippen LogP contribution in [0.4, 0.5) is 0 Å². The standard InChI is InChI=1S/C34H21N3O2/c1-3-10-22(11-4-1)30-21-24-18-19-29-31(32(24)38-30)27-16-7-8-17-28(27)37(29)26-15-9-14-25(20-26)34-36-35-33(39-34)23-12-5-2-6-13-23/h1-21H. The molecule has 0 fully saturated rings. The van der Waals surface area contributed by atoms with Crippen LogP contribution in [0.25, 0.3) is 72.7 Å². The minimum atomic E-state index is 0.484. The number of aromatic nitrogens is 3. The zero-order valence-electron chi connectivity index (χ0n) is 20.8. The van der Waals surface area contributed by atoms with Crippen LogP contribution in [-0.2, 0) is 0 Å². The van der Waals surface area contributed by atoms with Gasteiger partial charge in [0.1, 0.15) is 11.3 Å². The van der Waals surface area contributed by atoms with Gasteiger partial charge in [-0.2, -0.15) is 0 Å². The summed E-state index contributed by atoms with van der Waals surface area (Å²) in [5.74, 6) is 1.85. The van der Waals surface area contributed by atoms with Crippen molar-refractivity contribution in [3.05, 3.63) is 127 Å². The molecule has 3 heterocycles. The molecule has 0 aliphatic rings. The molecule has 3 aromatic heterocycles. The van der Waals surface area contributed by atoms with Crippen LogP contribution >= 0.6 is 0 Å². The van der Waals surface area contributed by atoms with Crippen LogP contribution < -0.4 is 0 Å². The van der Waals surface area contributed by atoms with Crippen LogP contribution in [0, 0.1) is 0 Å². The molecule has 0 aliphatic heterocycles. The fourth-order valence-corrected chi connectivity index (χ4v) is 5.39. The molecule has 0 N–H and O–H groups in total. The minimum Gasteiger partial charge on any atom is -0.455 e. The summed E-state index contributed by atoms with van der Waals surface area (Å²) in [6, 6.07) is 43.1. The Morgan fingerprint density at radius 2 is 1.21 bits per heavy atom.